The summed E-state index contributed by atoms with van der Waals surface area (Å²) in [5, 5.41) is 8.77. The third-order valence-corrected chi connectivity index (χ3v) is 1.85. The number of rotatable bonds is 6. The van der Waals surface area contributed by atoms with Crippen molar-refractivity contribution in [1.82, 2.24) is 0 Å². The van der Waals surface area contributed by atoms with E-state index in [0.717, 1.165) is 0 Å². The zero-order valence-electron chi connectivity index (χ0n) is 10.7. The van der Waals surface area contributed by atoms with E-state index in [0.29, 0.717) is 0 Å². The highest BCUT2D eigenvalue weighted by Gasteiger charge is 2.29. The molecule has 0 bridgehead atoms. The van der Waals surface area contributed by atoms with Crippen molar-refractivity contribution in [2.75, 3.05) is 6.61 Å². The van der Waals surface area contributed by atoms with Crippen molar-refractivity contribution in [2.45, 2.75) is 51.9 Å². The lowest BCUT2D eigenvalue weighted by Gasteiger charge is -2.23. The molecule has 0 rings (SSSR count). The highest BCUT2D eigenvalue weighted by Crippen LogP contribution is 2.12. The van der Waals surface area contributed by atoms with Crippen LogP contribution in [-0.2, 0) is 19.1 Å². The zero-order valence-corrected chi connectivity index (χ0v) is 10.7. The van der Waals surface area contributed by atoms with E-state index >= 15 is 0 Å². The SMILES string of the molecule is CCO[C@@H](CC(=O)OC(C)(C)C)[C@H](N)C(=O)O. The molecule has 0 aliphatic heterocycles. The number of hydrogen-bond acceptors (Lipinski definition) is 5. The van der Waals surface area contributed by atoms with Crippen molar-refractivity contribution in [2.24, 2.45) is 5.73 Å². The van der Waals surface area contributed by atoms with E-state index in [-0.39, 0.29) is 13.0 Å². The summed E-state index contributed by atoms with van der Waals surface area (Å²) < 4.78 is 10.2. The number of esters is 1. The second kappa shape index (κ2) is 6.56. The van der Waals surface area contributed by atoms with Crippen LogP contribution in [0.3, 0.4) is 0 Å². The second-order valence-electron chi connectivity index (χ2n) is 4.65. The molecule has 0 spiro atoms. The molecule has 0 aromatic heterocycles. The summed E-state index contributed by atoms with van der Waals surface area (Å²) >= 11 is 0. The third kappa shape index (κ3) is 6.91. The molecule has 0 saturated heterocycles. The molecule has 0 saturated carbocycles. The molecule has 0 amide bonds. The van der Waals surface area contributed by atoms with E-state index in [4.69, 9.17) is 20.3 Å². The first-order valence-electron chi connectivity index (χ1n) is 5.49. The van der Waals surface area contributed by atoms with Gasteiger partial charge in [-0.05, 0) is 27.7 Å². The van der Waals surface area contributed by atoms with Crippen molar-refractivity contribution >= 4 is 11.9 Å². The largest absolute Gasteiger partial charge is 0.480 e. The average Bonchev–Trinajstić information content (AvgIpc) is 2.12. The molecule has 0 fully saturated rings. The summed E-state index contributed by atoms with van der Waals surface area (Å²) in [4.78, 5) is 22.2. The van der Waals surface area contributed by atoms with Crippen molar-refractivity contribution in [3.05, 3.63) is 0 Å². The van der Waals surface area contributed by atoms with Crippen LogP contribution in [0.2, 0.25) is 0 Å². The van der Waals surface area contributed by atoms with E-state index in [2.05, 4.69) is 0 Å². The normalized spacial score (nSPS) is 15.1. The minimum Gasteiger partial charge on any atom is -0.480 e. The lowest BCUT2D eigenvalue weighted by molar-refractivity contribution is -0.159. The standard InChI is InChI=1S/C11H21NO5/c1-5-16-7(9(12)10(14)15)6-8(13)17-11(2,3)4/h7,9H,5-6,12H2,1-4H3,(H,14,15)/t7-,9-/m0/s1. The van der Waals surface area contributed by atoms with Crippen LogP contribution in [0.1, 0.15) is 34.1 Å². The van der Waals surface area contributed by atoms with Gasteiger partial charge in [-0.3, -0.25) is 9.59 Å². The number of aliphatic carboxylic acids is 1. The minimum absolute atomic E-state index is 0.168. The fourth-order valence-electron chi connectivity index (χ4n) is 1.21. The van der Waals surface area contributed by atoms with Gasteiger partial charge in [0.25, 0.3) is 0 Å². The Morgan fingerprint density at radius 1 is 1.35 bits per heavy atom. The van der Waals surface area contributed by atoms with Gasteiger partial charge in [0.1, 0.15) is 11.6 Å². The number of carbonyl (C=O) groups excluding carboxylic acids is 1. The van der Waals surface area contributed by atoms with Crippen molar-refractivity contribution < 1.29 is 24.2 Å². The monoisotopic (exact) mass is 247 g/mol. The maximum absolute atomic E-state index is 11.5. The number of nitrogens with two attached hydrogens (primary N) is 1. The van der Waals surface area contributed by atoms with E-state index in [1.54, 1.807) is 27.7 Å². The van der Waals surface area contributed by atoms with Crippen LogP contribution in [0.5, 0.6) is 0 Å². The van der Waals surface area contributed by atoms with Gasteiger partial charge >= 0.3 is 11.9 Å². The molecule has 2 atom stereocenters. The van der Waals surface area contributed by atoms with Gasteiger partial charge in [-0.25, -0.2) is 0 Å². The number of carbonyl (C=O) groups is 2. The van der Waals surface area contributed by atoms with Gasteiger partial charge in [-0.2, -0.15) is 0 Å². The van der Waals surface area contributed by atoms with Gasteiger partial charge in [0.15, 0.2) is 0 Å². The molecular weight excluding hydrogens is 226 g/mol. The van der Waals surface area contributed by atoms with Crippen LogP contribution in [0.25, 0.3) is 0 Å². The van der Waals surface area contributed by atoms with E-state index in [9.17, 15) is 9.59 Å². The summed E-state index contributed by atoms with van der Waals surface area (Å²) in [6.07, 6.45) is -1.04. The quantitative estimate of drug-likeness (QED) is 0.664. The molecule has 0 radical (unpaired) electrons. The highest BCUT2D eigenvalue weighted by molar-refractivity contribution is 5.76. The molecule has 3 N–H and O–H groups in total. The van der Waals surface area contributed by atoms with E-state index in [1.807, 2.05) is 0 Å². The van der Waals surface area contributed by atoms with Crippen LogP contribution in [0.4, 0.5) is 0 Å². The Hall–Kier alpha value is -1.14. The van der Waals surface area contributed by atoms with Gasteiger partial charge in [0.2, 0.25) is 0 Å². The fraction of sp³-hybridized carbons (Fsp3) is 0.818. The Balaban J connectivity index is 4.44. The predicted molar refractivity (Wildman–Crippen MR) is 61.5 cm³/mol. The molecule has 17 heavy (non-hydrogen) atoms. The smallest absolute Gasteiger partial charge is 0.323 e. The zero-order chi connectivity index (χ0) is 13.6. The van der Waals surface area contributed by atoms with Crippen molar-refractivity contribution in [3.8, 4) is 0 Å². The van der Waals surface area contributed by atoms with Crippen LogP contribution < -0.4 is 5.73 Å². The van der Waals surface area contributed by atoms with Gasteiger partial charge in [-0.1, -0.05) is 0 Å². The lowest BCUT2D eigenvalue weighted by Crippen LogP contribution is -2.45. The Kier molecular flexibility index (Phi) is 6.12. The summed E-state index contributed by atoms with van der Waals surface area (Å²) in [6, 6.07) is -1.23. The Morgan fingerprint density at radius 2 is 1.88 bits per heavy atom. The average molecular weight is 247 g/mol. The highest BCUT2D eigenvalue weighted by atomic mass is 16.6. The maximum atomic E-state index is 11.5. The molecule has 0 aliphatic rings. The molecule has 0 aromatic carbocycles. The van der Waals surface area contributed by atoms with E-state index < -0.39 is 29.7 Å². The molecule has 6 heteroatoms. The summed E-state index contributed by atoms with van der Waals surface area (Å²) in [5.74, 6) is -1.72. The summed E-state index contributed by atoms with van der Waals surface area (Å²) in [5.41, 5.74) is 4.82. The minimum atomic E-state index is -1.23. The first-order valence-corrected chi connectivity index (χ1v) is 5.49. The van der Waals surface area contributed by atoms with Crippen LogP contribution in [0, 0.1) is 0 Å². The molecule has 100 valence electrons. The first-order chi connectivity index (χ1) is 7.67. The van der Waals surface area contributed by atoms with Crippen LogP contribution >= 0.6 is 0 Å². The Bertz CT molecular complexity index is 272. The Labute approximate surface area is 101 Å². The van der Waals surface area contributed by atoms with Gasteiger partial charge in [0, 0.05) is 6.61 Å². The van der Waals surface area contributed by atoms with Gasteiger partial charge in [0.05, 0.1) is 12.5 Å². The maximum Gasteiger partial charge on any atom is 0.323 e. The summed E-state index contributed by atoms with van der Waals surface area (Å²) in [7, 11) is 0. The van der Waals surface area contributed by atoms with E-state index in [1.165, 1.54) is 0 Å². The first kappa shape index (κ1) is 15.9. The molecular formula is C11H21NO5. The topological polar surface area (TPSA) is 98.9 Å². The number of hydrogen-bond donors (Lipinski definition) is 2. The van der Waals surface area contributed by atoms with Crippen molar-refractivity contribution in [3.63, 3.8) is 0 Å². The predicted octanol–water partition coefficient (Wildman–Crippen LogP) is 0.535. The molecule has 0 aromatic rings. The molecule has 0 unspecified atom stereocenters. The summed E-state index contributed by atoms with van der Waals surface area (Å²) in [6.45, 7) is 7.19. The molecule has 0 aliphatic carbocycles. The molecule has 0 heterocycles. The van der Waals surface area contributed by atoms with Gasteiger partial charge in [-0.15, -0.1) is 0 Å². The number of carboxylic acids is 1. The lowest BCUT2D eigenvalue weighted by atomic mass is 10.1. The van der Waals surface area contributed by atoms with Gasteiger partial charge < -0.3 is 20.3 Å². The number of ether oxygens (including phenoxy) is 2. The molecule has 6 nitrogen and oxygen atoms in total. The third-order valence-electron chi connectivity index (χ3n) is 1.85. The second-order valence-corrected chi connectivity index (χ2v) is 4.65. The van der Waals surface area contributed by atoms with Crippen LogP contribution in [0.15, 0.2) is 0 Å². The van der Waals surface area contributed by atoms with Crippen LogP contribution in [-0.4, -0.2) is 41.4 Å². The Morgan fingerprint density at radius 3 is 2.24 bits per heavy atom. The fourth-order valence-corrected chi connectivity index (χ4v) is 1.21. The number of carboxylic acid groups (broad SMARTS) is 1. The van der Waals surface area contributed by atoms with Crippen molar-refractivity contribution in [1.29, 1.82) is 0 Å².